The van der Waals surface area contributed by atoms with Crippen molar-refractivity contribution in [2.24, 2.45) is 0 Å². The minimum absolute atomic E-state index is 0.154. The maximum Gasteiger partial charge on any atom is 0.124 e. The Bertz CT molecular complexity index is 813. The first-order valence-electron chi connectivity index (χ1n) is 6.85. The molecule has 0 bridgehead atoms. The summed E-state index contributed by atoms with van der Waals surface area (Å²) in [4.78, 5) is 16.1. The smallest absolute Gasteiger partial charge is 0.124 e. The molecular formula is C17H14N2O2S. The molecule has 0 saturated heterocycles. The first-order chi connectivity index (χ1) is 10.7. The van der Waals surface area contributed by atoms with E-state index in [0.29, 0.717) is 17.2 Å². The lowest BCUT2D eigenvalue weighted by Gasteiger charge is -2.01. The van der Waals surface area contributed by atoms with E-state index in [4.69, 9.17) is 0 Å². The number of aromatic carboxylic acids is 1. The maximum atomic E-state index is 11.4. The highest BCUT2D eigenvalue weighted by Crippen LogP contribution is 2.33. The van der Waals surface area contributed by atoms with Gasteiger partial charge >= 0.3 is 0 Å². The van der Waals surface area contributed by atoms with Crippen molar-refractivity contribution in [2.75, 3.05) is 0 Å². The molecule has 0 aliphatic rings. The standard InChI is InChI=1S/C17H14N2O2S/c18-10-11-5-4-8-13(9-11)16-19-14(15(22-16)17(20)21)12-6-2-1-3-7-12/h1-9H,10,18H2,(H,20,21). The largest absolute Gasteiger partial charge is 0.544 e. The molecule has 0 unspecified atom stereocenters. The zero-order chi connectivity index (χ0) is 15.5. The average molecular weight is 310 g/mol. The van der Waals surface area contributed by atoms with Crippen molar-refractivity contribution in [3.05, 3.63) is 65.0 Å². The summed E-state index contributed by atoms with van der Waals surface area (Å²) in [5, 5.41) is 12.1. The van der Waals surface area contributed by atoms with E-state index < -0.39 is 5.97 Å². The molecule has 0 radical (unpaired) electrons. The summed E-state index contributed by atoms with van der Waals surface area (Å²) >= 11 is 1.14. The van der Waals surface area contributed by atoms with Crippen LogP contribution < -0.4 is 10.8 Å². The predicted molar refractivity (Wildman–Crippen MR) is 83.9 cm³/mol. The van der Waals surface area contributed by atoms with Crippen molar-refractivity contribution < 1.29 is 15.6 Å². The predicted octanol–water partition coefficient (Wildman–Crippen LogP) is 1.58. The molecule has 2 aromatic carbocycles. The molecule has 4 nitrogen and oxygen atoms in total. The highest BCUT2D eigenvalue weighted by atomic mass is 32.1. The van der Waals surface area contributed by atoms with Gasteiger partial charge in [-0.2, -0.15) is 0 Å². The summed E-state index contributed by atoms with van der Waals surface area (Å²) in [5.41, 5.74) is 7.09. The number of rotatable bonds is 4. The zero-order valence-electron chi connectivity index (χ0n) is 11.8. The Balaban J connectivity index is 2.13. The third kappa shape index (κ3) is 2.77. The van der Waals surface area contributed by atoms with Crippen LogP contribution in [-0.4, -0.2) is 11.0 Å². The quantitative estimate of drug-likeness (QED) is 0.794. The Morgan fingerprint density at radius 1 is 1.09 bits per heavy atom. The molecule has 3 aromatic rings. The Morgan fingerprint density at radius 2 is 1.82 bits per heavy atom. The van der Waals surface area contributed by atoms with Gasteiger partial charge in [-0.1, -0.05) is 48.5 Å². The summed E-state index contributed by atoms with van der Waals surface area (Å²) in [7, 11) is 0. The highest BCUT2D eigenvalue weighted by molar-refractivity contribution is 7.17. The fourth-order valence-electron chi connectivity index (χ4n) is 2.23. The number of hydrogen-bond donors (Lipinski definition) is 1. The van der Waals surface area contributed by atoms with Gasteiger partial charge in [0.25, 0.3) is 0 Å². The number of hydrogen-bond acceptors (Lipinski definition) is 4. The van der Waals surface area contributed by atoms with E-state index in [1.54, 1.807) is 0 Å². The van der Waals surface area contributed by atoms with Crippen LogP contribution in [0.3, 0.4) is 0 Å². The minimum Gasteiger partial charge on any atom is -0.544 e. The monoisotopic (exact) mass is 310 g/mol. The molecule has 5 heteroatoms. The molecule has 3 N–H and O–H groups in total. The Morgan fingerprint density at radius 3 is 2.50 bits per heavy atom. The van der Waals surface area contributed by atoms with Gasteiger partial charge in [-0.05, 0) is 6.07 Å². The molecule has 0 aliphatic carbocycles. The van der Waals surface area contributed by atoms with E-state index in [1.165, 1.54) is 0 Å². The molecule has 0 fully saturated rings. The Kier molecular flexibility index (Phi) is 4.00. The van der Waals surface area contributed by atoms with Crippen LogP contribution in [0.5, 0.6) is 0 Å². The van der Waals surface area contributed by atoms with Crippen molar-refractivity contribution in [3.63, 3.8) is 0 Å². The van der Waals surface area contributed by atoms with E-state index >= 15 is 0 Å². The number of nitrogens with zero attached hydrogens (tertiary/aromatic N) is 1. The number of carbonyl (C=O) groups is 1. The van der Waals surface area contributed by atoms with Crippen molar-refractivity contribution >= 4 is 17.3 Å². The van der Waals surface area contributed by atoms with Gasteiger partial charge in [0.1, 0.15) is 5.01 Å². The van der Waals surface area contributed by atoms with E-state index in [0.717, 1.165) is 28.0 Å². The SMILES string of the molecule is [NH3+]Cc1cccc(-c2nc(-c3ccccc3)c(C(=O)[O-])s2)c1. The van der Waals surface area contributed by atoms with E-state index in [1.807, 2.05) is 54.6 Å². The molecule has 1 aromatic heterocycles. The molecular weight excluding hydrogens is 296 g/mol. The average Bonchev–Trinajstić information content (AvgIpc) is 3.01. The van der Waals surface area contributed by atoms with Crippen LogP contribution in [0, 0.1) is 0 Å². The number of benzene rings is 2. The van der Waals surface area contributed by atoms with Gasteiger partial charge in [-0.15, -0.1) is 11.3 Å². The van der Waals surface area contributed by atoms with Gasteiger partial charge in [0.15, 0.2) is 0 Å². The first-order valence-corrected chi connectivity index (χ1v) is 7.67. The summed E-state index contributed by atoms with van der Waals surface area (Å²) in [6.45, 7) is 0.679. The van der Waals surface area contributed by atoms with Crippen molar-refractivity contribution in [2.45, 2.75) is 6.54 Å². The Labute approximate surface area is 131 Å². The highest BCUT2D eigenvalue weighted by Gasteiger charge is 2.15. The van der Waals surface area contributed by atoms with Crippen molar-refractivity contribution in [3.8, 4) is 21.8 Å². The van der Waals surface area contributed by atoms with Crippen LogP contribution in [0.1, 0.15) is 15.2 Å². The van der Waals surface area contributed by atoms with Gasteiger partial charge in [-0.3, -0.25) is 0 Å². The molecule has 3 rings (SSSR count). The lowest BCUT2D eigenvalue weighted by atomic mass is 10.1. The molecule has 0 saturated carbocycles. The second-order valence-electron chi connectivity index (χ2n) is 4.80. The number of carboxylic acids is 1. The summed E-state index contributed by atoms with van der Waals surface area (Å²) in [6.07, 6.45) is 0. The third-order valence-corrected chi connectivity index (χ3v) is 4.41. The van der Waals surface area contributed by atoms with E-state index in [9.17, 15) is 9.90 Å². The second-order valence-corrected chi connectivity index (χ2v) is 5.80. The van der Waals surface area contributed by atoms with Gasteiger partial charge < -0.3 is 15.6 Å². The summed E-state index contributed by atoms with van der Waals surface area (Å²) in [5.74, 6) is -1.20. The van der Waals surface area contributed by atoms with Crippen LogP contribution in [0.4, 0.5) is 0 Å². The first kappa shape index (κ1) is 14.4. The molecule has 0 aliphatic heterocycles. The summed E-state index contributed by atoms with van der Waals surface area (Å²) < 4.78 is 0. The van der Waals surface area contributed by atoms with Gasteiger partial charge in [0, 0.05) is 16.7 Å². The minimum atomic E-state index is -1.20. The normalized spacial score (nSPS) is 10.6. The van der Waals surface area contributed by atoms with E-state index in [-0.39, 0.29) is 4.88 Å². The second kappa shape index (κ2) is 6.09. The fourth-order valence-corrected chi connectivity index (χ4v) is 3.15. The van der Waals surface area contributed by atoms with Crippen LogP contribution in [0.25, 0.3) is 21.8 Å². The topological polar surface area (TPSA) is 80.7 Å². The van der Waals surface area contributed by atoms with Gasteiger partial charge in [-0.25, -0.2) is 4.98 Å². The molecule has 0 spiro atoms. The molecule has 22 heavy (non-hydrogen) atoms. The van der Waals surface area contributed by atoms with Gasteiger partial charge in [0.2, 0.25) is 0 Å². The fraction of sp³-hybridized carbons (Fsp3) is 0.0588. The van der Waals surface area contributed by atoms with Crippen LogP contribution in [-0.2, 0) is 6.54 Å². The number of carboxylic acid groups (broad SMARTS) is 1. The number of thiazole rings is 1. The maximum absolute atomic E-state index is 11.4. The molecule has 110 valence electrons. The number of carbonyl (C=O) groups excluding carboxylic acids is 1. The molecule has 0 atom stereocenters. The van der Waals surface area contributed by atoms with Gasteiger partial charge in [0.05, 0.1) is 23.1 Å². The lowest BCUT2D eigenvalue weighted by molar-refractivity contribution is -0.386. The van der Waals surface area contributed by atoms with E-state index in [2.05, 4.69) is 10.7 Å². The van der Waals surface area contributed by atoms with Crippen LogP contribution in [0.15, 0.2) is 54.6 Å². The zero-order valence-corrected chi connectivity index (χ0v) is 12.6. The van der Waals surface area contributed by atoms with Crippen molar-refractivity contribution in [1.82, 2.24) is 4.98 Å². The lowest BCUT2D eigenvalue weighted by Crippen LogP contribution is -2.47. The van der Waals surface area contributed by atoms with Crippen molar-refractivity contribution in [1.29, 1.82) is 0 Å². The molecule has 0 amide bonds. The number of aromatic nitrogens is 1. The molecule has 1 heterocycles. The Hall–Kier alpha value is -2.50. The van der Waals surface area contributed by atoms with Crippen LogP contribution in [0.2, 0.25) is 0 Å². The third-order valence-electron chi connectivity index (χ3n) is 3.32. The van der Waals surface area contributed by atoms with Crippen LogP contribution >= 0.6 is 11.3 Å². The number of quaternary nitrogens is 1. The summed E-state index contributed by atoms with van der Waals surface area (Å²) in [6, 6.07) is 17.1.